The molecule has 0 spiro atoms. The molecule has 23 heavy (non-hydrogen) atoms. The molecular weight excluding hydrogens is 294 g/mol. The van der Waals surface area contributed by atoms with E-state index in [1.54, 1.807) is 12.1 Å². The van der Waals surface area contributed by atoms with Crippen LogP contribution >= 0.6 is 0 Å². The second-order valence-electron chi connectivity index (χ2n) is 6.65. The van der Waals surface area contributed by atoms with Crippen molar-refractivity contribution in [2.75, 3.05) is 13.2 Å². The second-order valence-corrected chi connectivity index (χ2v) is 6.65. The van der Waals surface area contributed by atoms with Crippen LogP contribution in [-0.2, 0) is 0 Å². The fourth-order valence-electron chi connectivity index (χ4n) is 2.59. The molecule has 2 fully saturated rings. The third-order valence-corrected chi connectivity index (χ3v) is 4.67. The number of rotatable bonds is 6. The van der Waals surface area contributed by atoms with Crippen LogP contribution in [0.15, 0.2) is 28.8 Å². The van der Waals surface area contributed by atoms with E-state index in [2.05, 4.69) is 15.5 Å². The lowest BCUT2D eigenvalue weighted by Crippen LogP contribution is -2.31. The number of carbonyl (C=O) groups excluding carboxylic acids is 1. The first-order valence-electron chi connectivity index (χ1n) is 8.02. The second kappa shape index (κ2) is 5.45. The molecule has 1 aromatic heterocycles. The van der Waals surface area contributed by atoms with Crippen molar-refractivity contribution in [3.8, 4) is 11.4 Å². The van der Waals surface area contributed by atoms with Gasteiger partial charge in [-0.3, -0.25) is 4.79 Å². The van der Waals surface area contributed by atoms with Crippen LogP contribution in [0.4, 0.5) is 0 Å². The molecule has 2 saturated carbocycles. The van der Waals surface area contributed by atoms with Gasteiger partial charge in [0.15, 0.2) is 0 Å². The Morgan fingerprint density at radius 3 is 2.91 bits per heavy atom. The van der Waals surface area contributed by atoms with Crippen LogP contribution in [0.1, 0.15) is 47.8 Å². The highest BCUT2D eigenvalue weighted by molar-refractivity contribution is 5.95. The van der Waals surface area contributed by atoms with E-state index < -0.39 is 0 Å². The van der Waals surface area contributed by atoms with Gasteiger partial charge in [-0.05, 0) is 37.8 Å². The monoisotopic (exact) mass is 313 g/mol. The van der Waals surface area contributed by atoms with Crippen molar-refractivity contribution in [1.82, 2.24) is 15.5 Å². The topological polar surface area (TPSA) is 88.2 Å². The molecule has 120 valence electrons. The third-order valence-electron chi connectivity index (χ3n) is 4.67. The molecule has 1 heterocycles. The van der Waals surface area contributed by atoms with Crippen molar-refractivity contribution in [3.63, 3.8) is 0 Å². The summed E-state index contributed by atoms with van der Waals surface area (Å²) in [7, 11) is 0. The first-order chi connectivity index (χ1) is 11.2. The average Bonchev–Trinajstić information content (AvgIpc) is 3.52. The normalized spacial score (nSPS) is 18.7. The number of hydrogen-bond donors (Lipinski definition) is 2. The molecule has 0 atom stereocenters. The molecule has 0 saturated heterocycles. The number of hydrogen-bond acceptors (Lipinski definition) is 5. The summed E-state index contributed by atoms with van der Waals surface area (Å²) in [6.07, 6.45) is 4.15. The highest BCUT2D eigenvalue weighted by Gasteiger charge is 2.42. The minimum Gasteiger partial charge on any atom is -0.396 e. The van der Waals surface area contributed by atoms with Crippen LogP contribution in [-0.4, -0.2) is 34.3 Å². The fourth-order valence-corrected chi connectivity index (χ4v) is 2.59. The molecule has 0 unspecified atom stereocenters. The molecule has 0 radical (unpaired) electrons. The molecule has 2 N–H and O–H groups in total. The van der Waals surface area contributed by atoms with Crippen molar-refractivity contribution in [2.24, 2.45) is 5.41 Å². The highest BCUT2D eigenvalue weighted by Crippen LogP contribution is 2.44. The summed E-state index contributed by atoms with van der Waals surface area (Å²) in [6, 6.07) is 7.22. The number of nitrogens with one attached hydrogen (secondary N) is 1. The van der Waals surface area contributed by atoms with Gasteiger partial charge in [-0.1, -0.05) is 17.3 Å². The predicted octanol–water partition coefficient (Wildman–Crippen LogP) is 2.12. The SMILES string of the molecule is O=C(NCC1(CO)CC1)c1cccc(-c2noc(C3CC3)n2)c1. The van der Waals surface area contributed by atoms with Crippen LogP contribution in [0.5, 0.6) is 0 Å². The van der Waals surface area contributed by atoms with Gasteiger partial charge < -0.3 is 14.9 Å². The first-order valence-corrected chi connectivity index (χ1v) is 8.02. The van der Waals surface area contributed by atoms with E-state index in [0.717, 1.165) is 31.2 Å². The van der Waals surface area contributed by atoms with Gasteiger partial charge >= 0.3 is 0 Å². The summed E-state index contributed by atoms with van der Waals surface area (Å²) < 4.78 is 5.27. The average molecular weight is 313 g/mol. The van der Waals surface area contributed by atoms with Gasteiger partial charge in [-0.15, -0.1) is 0 Å². The lowest BCUT2D eigenvalue weighted by molar-refractivity contribution is 0.0935. The van der Waals surface area contributed by atoms with Gasteiger partial charge in [0.05, 0.1) is 6.61 Å². The van der Waals surface area contributed by atoms with Crippen LogP contribution < -0.4 is 5.32 Å². The summed E-state index contributed by atoms with van der Waals surface area (Å²) in [5.74, 6) is 1.48. The van der Waals surface area contributed by atoms with Gasteiger partial charge in [0.1, 0.15) is 0 Å². The van der Waals surface area contributed by atoms with E-state index in [-0.39, 0.29) is 17.9 Å². The Morgan fingerprint density at radius 1 is 1.39 bits per heavy atom. The lowest BCUT2D eigenvalue weighted by Gasteiger charge is -2.12. The molecule has 6 nitrogen and oxygen atoms in total. The Kier molecular flexibility index (Phi) is 3.41. The van der Waals surface area contributed by atoms with E-state index in [4.69, 9.17) is 4.52 Å². The van der Waals surface area contributed by atoms with Gasteiger partial charge in [0, 0.05) is 29.0 Å². The molecule has 1 amide bonds. The standard InChI is InChI=1S/C17H19N3O3/c21-10-17(6-7-17)9-18-15(22)13-3-1-2-12(8-13)14-19-16(23-20-14)11-4-5-11/h1-3,8,11,21H,4-7,9-10H2,(H,18,22). The minimum absolute atomic E-state index is 0.0971. The Bertz CT molecular complexity index is 732. The lowest BCUT2D eigenvalue weighted by atomic mass is 10.1. The molecule has 2 aliphatic carbocycles. The van der Waals surface area contributed by atoms with Gasteiger partial charge in [0.25, 0.3) is 5.91 Å². The summed E-state index contributed by atoms with van der Waals surface area (Å²) in [5.41, 5.74) is 1.24. The Hall–Kier alpha value is -2.21. The molecule has 0 bridgehead atoms. The van der Waals surface area contributed by atoms with Gasteiger partial charge in [-0.25, -0.2) is 0 Å². The molecule has 2 aliphatic rings. The maximum absolute atomic E-state index is 12.3. The van der Waals surface area contributed by atoms with E-state index in [9.17, 15) is 9.90 Å². The number of amides is 1. The number of carbonyl (C=O) groups is 1. The Morgan fingerprint density at radius 2 is 2.22 bits per heavy atom. The van der Waals surface area contributed by atoms with Gasteiger partial charge in [-0.2, -0.15) is 4.98 Å². The number of nitrogens with zero attached hydrogens (tertiary/aromatic N) is 2. The number of aliphatic hydroxyl groups is 1. The van der Waals surface area contributed by atoms with Crippen LogP contribution in [0.25, 0.3) is 11.4 Å². The third kappa shape index (κ3) is 2.99. The van der Waals surface area contributed by atoms with Crippen LogP contribution in [0.2, 0.25) is 0 Å². The van der Waals surface area contributed by atoms with E-state index in [1.165, 1.54) is 0 Å². The van der Waals surface area contributed by atoms with E-state index >= 15 is 0 Å². The van der Waals surface area contributed by atoms with Gasteiger partial charge in [0.2, 0.25) is 11.7 Å². The van der Waals surface area contributed by atoms with E-state index in [1.807, 2.05) is 12.1 Å². The molecule has 4 rings (SSSR count). The summed E-state index contributed by atoms with van der Waals surface area (Å²) in [4.78, 5) is 16.7. The van der Waals surface area contributed by atoms with Crippen molar-refractivity contribution < 1.29 is 14.4 Å². The first kappa shape index (κ1) is 14.4. The summed E-state index contributed by atoms with van der Waals surface area (Å²) in [5, 5.41) is 16.2. The largest absolute Gasteiger partial charge is 0.396 e. The zero-order chi connectivity index (χ0) is 15.9. The van der Waals surface area contributed by atoms with Crippen LogP contribution in [0.3, 0.4) is 0 Å². The summed E-state index contributed by atoms with van der Waals surface area (Å²) >= 11 is 0. The number of aliphatic hydroxyl groups excluding tert-OH is 1. The molecule has 1 aromatic carbocycles. The van der Waals surface area contributed by atoms with Crippen molar-refractivity contribution in [3.05, 3.63) is 35.7 Å². The summed E-state index contributed by atoms with van der Waals surface area (Å²) in [6.45, 7) is 0.640. The predicted molar refractivity (Wildman–Crippen MR) is 82.8 cm³/mol. The van der Waals surface area contributed by atoms with Crippen molar-refractivity contribution >= 4 is 5.91 Å². The maximum atomic E-state index is 12.3. The van der Waals surface area contributed by atoms with Crippen LogP contribution in [0, 0.1) is 5.41 Å². The number of aromatic nitrogens is 2. The molecule has 2 aromatic rings. The van der Waals surface area contributed by atoms with Crippen molar-refractivity contribution in [1.29, 1.82) is 0 Å². The molecular formula is C17H19N3O3. The van der Waals surface area contributed by atoms with Crippen molar-refractivity contribution in [2.45, 2.75) is 31.6 Å². The Balaban J connectivity index is 1.47. The van der Waals surface area contributed by atoms with E-state index in [0.29, 0.717) is 29.7 Å². The highest BCUT2D eigenvalue weighted by atomic mass is 16.5. The zero-order valence-corrected chi connectivity index (χ0v) is 12.8. The fraction of sp³-hybridized carbons (Fsp3) is 0.471. The smallest absolute Gasteiger partial charge is 0.251 e. The molecule has 0 aliphatic heterocycles. The zero-order valence-electron chi connectivity index (χ0n) is 12.8. The Labute approximate surface area is 133 Å². The number of benzene rings is 1. The molecule has 6 heteroatoms. The quantitative estimate of drug-likeness (QED) is 0.853. The minimum atomic E-state index is -0.141. The maximum Gasteiger partial charge on any atom is 0.251 e.